The zero-order chi connectivity index (χ0) is 13.0. The number of hydrogen-bond donors (Lipinski definition) is 1. The van der Waals surface area contributed by atoms with E-state index in [4.69, 9.17) is 9.15 Å². The first-order valence-electron chi connectivity index (χ1n) is 6.63. The number of furan rings is 1. The van der Waals surface area contributed by atoms with Crippen molar-refractivity contribution in [2.75, 3.05) is 27.2 Å². The molecule has 1 N–H and O–H groups in total. The Morgan fingerprint density at radius 2 is 2.39 bits per heavy atom. The lowest BCUT2D eigenvalue weighted by Crippen LogP contribution is -2.46. The molecule has 0 spiro atoms. The van der Waals surface area contributed by atoms with Crippen LogP contribution in [0.3, 0.4) is 0 Å². The number of hydrogen-bond acceptors (Lipinski definition) is 4. The van der Waals surface area contributed by atoms with Gasteiger partial charge >= 0.3 is 0 Å². The normalized spacial score (nSPS) is 25.5. The quantitative estimate of drug-likeness (QED) is 0.870. The number of rotatable bonds is 5. The maximum absolute atomic E-state index is 5.61. The summed E-state index contributed by atoms with van der Waals surface area (Å²) in [5.41, 5.74) is 1.21. The van der Waals surface area contributed by atoms with Crippen LogP contribution in [0.5, 0.6) is 0 Å². The molecule has 1 aromatic heterocycles. The summed E-state index contributed by atoms with van der Waals surface area (Å²) in [6.07, 6.45) is 4.17. The number of nitrogens with one attached hydrogen (secondary N) is 1. The zero-order valence-corrected chi connectivity index (χ0v) is 11.7. The summed E-state index contributed by atoms with van der Waals surface area (Å²) < 4.78 is 11.2. The molecule has 4 heteroatoms. The van der Waals surface area contributed by atoms with E-state index < -0.39 is 0 Å². The topological polar surface area (TPSA) is 37.6 Å². The number of likely N-dealkylation sites (tertiary alicyclic amines) is 1. The van der Waals surface area contributed by atoms with Gasteiger partial charge in [-0.3, -0.25) is 4.90 Å². The van der Waals surface area contributed by atoms with E-state index >= 15 is 0 Å². The van der Waals surface area contributed by atoms with Gasteiger partial charge in [0.2, 0.25) is 0 Å². The second-order valence-corrected chi connectivity index (χ2v) is 5.42. The van der Waals surface area contributed by atoms with Crippen LogP contribution in [0.1, 0.15) is 31.1 Å². The van der Waals surface area contributed by atoms with Crippen LogP contribution < -0.4 is 5.32 Å². The molecule has 102 valence electrons. The molecule has 0 saturated carbocycles. The van der Waals surface area contributed by atoms with Gasteiger partial charge in [0.05, 0.1) is 18.4 Å². The maximum Gasteiger partial charge on any atom is 0.118 e. The summed E-state index contributed by atoms with van der Waals surface area (Å²) in [7, 11) is 3.75. The molecule has 1 aliphatic heterocycles. The van der Waals surface area contributed by atoms with E-state index in [2.05, 4.69) is 23.2 Å². The molecule has 0 aromatic carbocycles. The van der Waals surface area contributed by atoms with Crippen LogP contribution in [0.15, 0.2) is 16.7 Å². The van der Waals surface area contributed by atoms with Crippen molar-refractivity contribution in [2.45, 2.75) is 38.5 Å². The minimum absolute atomic E-state index is 0.00134. The van der Waals surface area contributed by atoms with Gasteiger partial charge in [-0.2, -0.15) is 0 Å². The van der Waals surface area contributed by atoms with Crippen LogP contribution >= 0.6 is 0 Å². The van der Waals surface area contributed by atoms with Crippen molar-refractivity contribution in [2.24, 2.45) is 0 Å². The Hall–Kier alpha value is -0.840. The van der Waals surface area contributed by atoms with Gasteiger partial charge in [-0.1, -0.05) is 0 Å². The molecule has 0 bridgehead atoms. The van der Waals surface area contributed by atoms with Gasteiger partial charge in [-0.25, -0.2) is 0 Å². The fourth-order valence-corrected chi connectivity index (χ4v) is 2.64. The van der Waals surface area contributed by atoms with Crippen molar-refractivity contribution in [1.29, 1.82) is 0 Å². The fourth-order valence-electron chi connectivity index (χ4n) is 2.64. The first-order valence-corrected chi connectivity index (χ1v) is 6.63. The van der Waals surface area contributed by atoms with Crippen molar-refractivity contribution in [3.8, 4) is 0 Å². The number of nitrogens with zero attached hydrogens (tertiary/aromatic N) is 1. The molecule has 1 unspecified atom stereocenters. The molecule has 0 aliphatic carbocycles. The Kier molecular flexibility index (Phi) is 4.43. The maximum atomic E-state index is 5.61. The van der Waals surface area contributed by atoms with Crippen LogP contribution in [0.2, 0.25) is 0 Å². The van der Waals surface area contributed by atoms with Crippen LogP contribution in [-0.2, 0) is 17.8 Å². The Morgan fingerprint density at radius 1 is 1.56 bits per heavy atom. The molecule has 1 aromatic rings. The molecule has 4 nitrogen and oxygen atoms in total. The van der Waals surface area contributed by atoms with Gasteiger partial charge in [-0.05, 0) is 39.4 Å². The third kappa shape index (κ3) is 3.34. The van der Waals surface area contributed by atoms with Crippen LogP contribution in [0.25, 0.3) is 0 Å². The fraction of sp³-hybridized carbons (Fsp3) is 0.714. The average molecular weight is 252 g/mol. The first kappa shape index (κ1) is 13.6. The number of piperidine rings is 1. The van der Waals surface area contributed by atoms with Crippen molar-refractivity contribution >= 4 is 0 Å². The highest BCUT2D eigenvalue weighted by molar-refractivity contribution is 5.12. The molecule has 1 saturated heterocycles. The highest BCUT2D eigenvalue weighted by atomic mass is 16.5. The molecule has 2 heterocycles. The van der Waals surface area contributed by atoms with Crippen LogP contribution in [0, 0.1) is 0 Å². The van der Waals surface area contributed by atoms with Gasteiger partial charge < -0.3 is 14.5 Å². The highest BCUT2D eigenvalue weighted by Gasteiger charge is 2.30. The first-order chi connectivity index (χ1) is 8.65. The van der Waals surface area contributed by atoms with Crippen LogP contribution in [0.4, 0.5) is 0 Å². The van der Waals surface area contributed by atoms with E-state index in [1.807, 2.05) is 13.3 Å². The van der Waals surface area contributed by atoms with E-state index in [-0.39, 0.29) is 5.60 Å². The Morgan fingerprint density at radius 3 is 3.11 bits per heavy atom. The van der Waals surface area contributed by atoms with E-state index in [9.17, 15) is 0 Å². The van der Waals surface area contributed by atoms with Gasteiger partial charge in [0.15, 0.2) is 0 Å². The van der Waals surface area contributed by atoms with Gasteiger partial charge in [-0.15, -0.1) is 0 Å². The van der Waals surface area contributed by atoms with E-state index in [0.717, 1.165) is 38.4 Å². The summed E-state index contributed by atoms with van der Waals surface area (Å²) in [5.74, 6) is 1.04. The predicted molar refractivity (Wildman–Crippen MR) is 71.4 cm³/mol. The molecular weight excluding hydrogens is 228 g/mol. The molecule has 2 rings (SSSR count). The summed E-state index contributed by atoms with van der Waals surface area (Å²) >= 11 is 0. The molecule has 0 amide bonds. The van der Waals surface area contributed by atoms with Crippen molar-refractivity contribution < 1.29 is 9.15 Å². The Labute approximate surface area is 109 Å². The SMILES string of the molecule is CNCc1coc(CN2CCCC(C)(OC)C2)c1. The molecule has 1 aliphatic rings. The number of methoxy groups -OCH3 is 1. The average Bonchev–Trinajstić information content (AvgIpc) is 2.77. The van der Waals surface area contributed by atoms with Gasteiger partial charge in [0, 0.05) is 25.8 Å². The smallest absolute Gasteiger partial charge is 0.118 e. The van der Waals surface area contributed by atoms with Gasteiger partial charge in [0.25, 0.3) is 0 Å². The minimum atomic E-state index is -0.00134. The Balaban J connectivity index is 1.92. The molecule has 1 fully saturated rings. The summed E-state index contributed by atoms with van der Waals surface area (Å²) in [6, 6.07) is 2.13. The lowest BCUT2D eigenvalue weighted by Gasteiger charge is -2.39. The van der Waals surface area contributed by atoms with Gasteiger partial charge in [0.1, 0.15) is 5.76 Å². The van der Waals surface area contributed by atoms with E-state index in [1.54, 1.807) is 7.11 Å². The zero-order valence-electron chi connectivity index (χ0n) is 11.7. The molecular formula is C14H24N2O2. The van der Waals surface area contributed by atoms with E-state index in [0.29, 0.717) is 0 Å². The molecule has 0 radical (unpaired) electrons. The minimum Gasteiger partial charge on any atom is -0.468 e. The summed E-state index contributed by atoms with van der Waals surface area (Å²) in [6.45, 7) is 6.03. The standard InChI is InChI=1S/C14H24N2O2/c1-14(17-3)5-4-6-16(11-14)9-13-7-12(8-15-2)10-18-13/h7,10,15H,4-6,8-9,11H2,1-3H3. The van der Waals surface area contributed by atoms with Crippen molar-refractivity contribution in [3.05, 3.63) is 23.7 Å². The third-order valence-corrected chi connectivity index (χ3v) is 3.70. The van der Waals surface area contributed by atoms with Crippen LogP contribution in [-0.4, -0.2) is 37.7 Å². The molecule has 1 atom stereocenters. The van der Waals surface area contributed by atoms with Crippen molar-refractivity contribution in [3.63, 3.8) is 0 Å². The summed E-state index contributed by atoms with van der Waals surface area (Å²) in [5, 5.41) is 3.13. The largest absolute Gasteiger partial charge is 0.468 e. The monoisotopic (exact) mass is 252 g/mol. The lowest BCUT2D eigenvalue weighted by molar-refractivity contribution is -0.0538. The second kappa shape index (κ2) is 5.87. The summed E-state index contributed by atoms with van der Waals surface area (Å²) in [4.78, 5) is 2.41. The molecule has 18 heavy (non-hydrogen) atoms. The number of ether oxygens (including phenoxy) is 1. The third-order valence-electron chi connectivity index (χ3n) is 3.70. The Bertz CT molecular complexity index is 378. The van der Waals surface area contributed by atoms with Crippen molar-refractivity contribution in [1.82, 2.24) is 10.2 Å². The highest BCUT2D eigenvalue weighted by Crippen LogP contribution is 2.25. The lowest BCUT2D eigenvalue weighted by atomic mass is 9.95. The second-order valence-electron chi connectivity index (χ2n) is 5.42. The predicted octanol–water partition coefficient (Wildman–Crippen LogP) is 2.00. The van der Waals surface area contributed by atoms with E-state index in [1.165, 1.54) is 12.0 Å².